The molecule has 0 saturated heterocycles. The standard InChI is InChI=1S/C13H25NO4/c1-6-10(2)14(7-8-18-5)11(15)9-13(3,4)12(16)17/h10H,6-9H2,1-5H3,(H,16,17). The second kappa shape index (κ2) is 7.36. The van der Waals surface area contributed by atoms with Crippen molar-refractivity contribution in [1.29, 1.82) is 0 Å². The zero-order valence-electron chi connectivity index (χ0n) is 12.0. The summed E-state index contributed by atoms with van der Waals surface area (Å²) in [5, 5.41) is 9.05. The molecule has 0 spiro atoms. The Hall–Kier alpha value is -1.10. The van der Waals surface area contributed by atoms with Crippen LogP contribution in [0.4, 0.5) is 0 Å². The van der Waals surface area contributed by atoms with Gasteiger partial charge in [-0.25, -0.2) is 0 Å². The Bertz CT molecular complexity index is 289. The molecule has 1 unspecified atom stereocenters. The van der Waals surface area contributed by atoms with Crippen molar-refractivity contribution >= 4 is 11.9 Å². The summed E-state index contributed by atoms with van der Waals surface area (Å²) in [4.78, 5) is 24.9. The van der Waals surface area contributed by atoms with Crippen LogP contribution >= 0.6 is 0 Å². The van der Waals surface area contributed by atoms with Crippen molar-refractivity contribution in [3.05, 3.63) is 0 Å². The maximum Gasteiger partial charge on any atom is 0.309 e. The molecule has 0 radical (unpaired) electrons. The smallest absolute Gasteiger partial charge is 0.309 e. The van der Waals surface area contributed by atoms with Gasteiger partial charge >= 0.3 is 5.97 Å². The fraction of sp³-hybridized carbons (Fsp3) is 0.846. The Labute approximate surface area is 109 Å². The van der Waals surface area contributed by atoms with Gasteiger partial charge in [-0.3, -0.25) is 9.59 Å². The molecule has 0 bridgehead atoms. The van der Waals surface area contributed by atoms with Gasteiger partial charge in [-0.1, -0.05) is 6.92 Å². The molecule has 0 aliphatic carbocycles. The van der Waals surface area contributed by atoms with Gasteiger partial charge < -0.3 is 14.7 Å². The van der Waals surface area contributed by atoms with E-state index in [2.05, 4.69) is 0 Å². The van der Waals surface area contributed by atoms with Gasteiger partial charge in [0.2, 0.25) is 5.91 Å². The topological polar surface area (TPSA) is 66.8 Å². The summed E-state index contributed by atoms with van der Waals surface area (Å²) in [6.45, 7) is 8.06. The van der Waals surface area contributed by atoms with E-state index in [0.717, 1.165) is 6.42 Å². The van der Waals surface area contributed by atoms with E-state index in [-0.39, 0.29) is 18.4 Å². The molecular weight excluding hydrogens is 234 g/mol. The number of nitrogens with zero attached hydrogens (tertiary/aromatic N) is 1. The highest BCUT2D eigenvalue weighted by molar-refractivity contribution is 5.84. The molecule has 0 rings (SSSR count). The summed E-state index contributed by atoms with van der Waals surface area (Å²) in [6, 6.07) is 0.0947. The van der Waals surface area contributed by atoms with E-state index in [1.54, 1.807) is 25.9 Å². The molecule has 0 saturated carbocycles. The van der Waals surface area contributed by atoms with Crippen LogP contribution in [0.25, 0.3) is 0 Å². The predicted octanol–water partition coefficient (Wildman–Crippen LogP) is 1.76. The molecule has 0 aliphatic rings. The summed E-state index contributed by atoms with van der Waals surface area (Å²) < 4.78 is 4.98. The van der Waals surface area contributed by atoms with Gasteiger partial charge in [-0.2, -0.15) is 0 Å². The summed E-state index contributed by atoms with van der Waals surface area (Å²) in [6.07, 6.45) is 0.847. The third-order valence-corrected chi connectivity index (χ3v) is 3.15. The van der Waals surface area contributed by atoms with Crippen molar-refractivity contribution in [3.63, 3.8) is 0 Å². The highest BCUT2D eigenvalue weighted by Gasteiger charge is 2.32. The second-order valence-electron chi connectivity index (χ2n) is 5.20. The van der Waals surface area contributed by atoms with E-state index < -0.39 is 11.4 Å². The molecule has 0 aliphatic heterocycles. The van der Waals surface area contributed by atoms with Crippen LogP contribution in [0.15, 0.2) is 0 Å². The minimum Gasteiger partial charge on any atom is -0.481 e. The van der Waals surface area contributed by atoms with Gasteiger partial charge in [0.25, 0.3) is 0 Å². The van der Waals surface area contributed by atoms with Gasteiger partial charge in [0, 0.05) is 26.1 Å². The number of aliphatic carboxylic acids is 1. The van der Waals surface area contributed by atoms with Crippen LogP contribution in [0.2, 0.25) is 0 Å². The average molecular weight is 259 g/mol. The zero-order chi connectivity index (χ0) is 14.3. The molecule has 0 heterocycles. The van der Waals surface area contributed by atoms with Gasteiger partial charge in [-0.05, 0) is 27.2 Å². The third kappa shape index (κ3) is 5.04. The lowest BCUT2D eigenvalue weighted by Gasteiger charge is -2.31. The average Bonchev–Trinajstić information content (AvgIpc) is 2.28. The van der Waals surface area contributed by atoms with Crippen molar-refractivity contribution < 1.29 is 19.4 Å². The number of carbonyl (C=O) groups excluding carboxylic acids is 1. The number of carboxylic acid groups (broad SMARTS) is 1. The van der Waals surface area contributed by atoms with E-state index in [9.17, 15) is 9.59 Å². The first kappa shape index (κ1) is 16.9. The fourth-order valence-corrected chi connectivity index (χ4v) is 1.56. The summed E-state index contributed by atoms with van der Waals surface area (Å²) >= 11 is 0. The molecular formula is C13H25NO4. The minimum absolute atomic E-state index is 0.0103. The SMILES string of the molecule is CCC(C)N(CCOC)C(=O)CC(C)(C)C(=O)O. The monoisotopic (exact) mass is 259 g/mol. The molecule has 0 aromatic heterocycles. The largest absolute Gasteiger partial charge is 0.481 e. The van der Waals surface area contributed by atoms with Crippen molar-refractivity contribution in [2.24, 2.45) is 5.41 Å². The molecule has 5 heteroatoms. The zero-order valence-corrected chi connectivity index (χ0v) is 12.0. The van der Waals surface area contributed by atoms with Crippen LogP contribution in [0.5, 0.6) is 0 Å². The predicted molar refractivity (Wildman–Crippen MR) is 69.4 cm³/mol. The lowest BCUT2D eigenvalue weighted by atomic mass is 9.88. The van der Waals surface area contributed by atoms with E-state index in [1.165, 1.54) is 0 Å². The second-order valence-corrected chi connectivity index (χ2v) is 5.20. The fourth-order valence-electron chi connectivity index (χ4n) is 1.56. The summed E-state index contributed by atoms with van der Waals surface area (Å²) in [7, 11) is 1.58. The molecule has 1 amide bonds. The first-order valence-corrected chi connectivity index (χ1v) is 6.28. The normalized spacial score (nSPS) is 13.2. The van der Waals surface area contributed by atoms with Crippen molar-refractivity contribution in [3.8, 4) is 0 Å². The van der Waals surface area contributed by atoms with E-state index >= 15 is 0 Å². The van der Waals surface area contributed by atoms with Crippen molar-refractivity contribution in [2.45, 2.75) is 46.6 Å². The van der Waals surface area contributed by atoms with E-state index in [0.29, 0.717) is 13.2 Å². The number of hydrogen-bond acceptors (Lipinski definition) is 3. The number of hydrogen-bond donors (Lipinski definition) is 1. The van der Waals surface area contributed by atoms with E-state index in [1.807, 2.05) is 13.8 Å². The quantitative estimate of drug-likeness (QED) is 0.721. The highest BCUT2D eigenvalue weighted by atomic mass is 16.5. The lowest BCUT2D eigenvalue weighted by molar-refractivity contribution is -0.152. The summed E-state index contributed by atoms with van der Waals surface area (Å²) in [5.41, 5.74) is -1.03. The Kier molecular flexibility index (Phi) is 6.91. The van der Waals surface area contributed by atoms with Gasteiger partial charge in [0.05, 0.1) is 12.0 Å². The molecule has 0 aromatic rings. The van der Waals surface area contributed by atoms with Crippen LogP contribution in [-0.2, 0) is 14.3 Å². The maximum absolute atomic E-state index is 12.2. The summed E-state index contributed by atoms with van der Waals surface area (Å²) in [5.74, 6) is -1.08. The van der Waals surface area contributed by atoms with Crippen LogP contribution in [0.1, 0.15) is 40.5 Å². The number of carboxylic acids is 1. The molecule has 0 fully saturated rings. The number of ether oxygens (including phenoxy) is 1. The van der Waals surface area contributed by atoms with Gasteiger partial charge in [0.15, 0.2) is 0 Å². The van der Waals surface area contributed by atoms with Gasteiger partial charge in [0.1, 0.15) is 0 Å². The lowest BCUT2D eigenvalue weighted by Crippen LogP contribution is -2.43. The Balaban J connectivity index is 4.70. The highest BCUT2D eigenvalue weighted by Crippen LogP contribution is 2.22. The first-order chi connectivity index (χ1) is 8.26. The first-order valence-electron chi connectivity index (χ1n) is 6.28. The molecule has 106 valence electrons. The maximum atomic E-state index is 12.2. The molecule has 1 atom stereocenters. The number of methoxy groups -OCH3 is 1. The molecule has 1 N–H and O–H groups in total. The number of carbonyl (C=O) groups is 2. The Morgan fingerprint density at radius 2 is 1.94 bits per heavy atom. The van der Waals surface area contributed by atoms with Crippen molar-refractivity contribution in [2.75, 3.05) is 20.3 Å². The van der Waals surface area contributed by atoms with Crippen molar-refractivity contribution in [1.82, 2.24) is 4.90 Å². The van der Waals surface area contributed by atoms with Gasteiger partial charge in [-0.15, -0.1) is 0 Å². The van der Waals surface area contributed by atoms with Crippen LogP contribution in [0, 0.1) is 5.41 Å². The molecule has 5 nitrogen and oxygen atoms in total. The molecule has 18 heavy (non-hydrogen) atoms. The Morgan fingerprint density at radius 1 is 1.39 bits per heavy atom. The minimum atomic E-state index is -1.03. The van der Waals surface area contributed by atoms with E-state index in [4.69, 9.17) is 9.84 Å². The van der Waals surface area contributed by atoms with Crippen LogP contribution in [0.3, 0.4) is 0 Å². The van der Waals surface area contributed by atoms with Crippen LogP contribution < -0.4 is 0 Å². The van der Waals surface area contributed by atoms with Crippen LogP contribution in [-0.4, -0.2) is 48.2 Å². The number of amides is 1. The number of rotatable bonds is 8. The molecule has 0 aromatic carbocycles. The Morgan fingerprint density at radius 3 is 2.33 bits per heavy atom. The third-order valence-electron chi connectivity index (χ3n) is 3.15.